The van der Waals surface area contributed by atoms with E-state index in [4.69, 9.17) is 0 Å². The molecule has 0 heterocycles. The highest BCUT2D eigenvalue weighted by Gasteiger charge is 2.13. The highest BCUT2D eigenvalue weighted by molar-refractivity contribution is 5.77. The average molecular weight is 309 g/mol. The zero-order valence-electron chi connectivity index (χ0n) is 15.5. The summed E-state index contributed by atoms with van der Waals surface area (Å²) in [4.78, 5) is 0. The molecule has 0 spiro atoms. The van der Waals surface area contributed by atoms with E-state index in [-0.39, 0.29) is 0 Å². The van der Waals surface area contributed by atoms with Gasteiger partial charge in [0, 0.05) is 0 Å². The molecule has 0 amide bonds. The van der Waals surface area contributed by atoms with Gasteiger partial charge in [-0.15, -0.1) is 0 Å². The number of nitrogens with zero attached hydrogens (tertiary/aromatic N) is 1. The van der Waals surface area contributed by atoms with Crippen LogP contribution >= 0.6 is 0 Å². The van der Waals surface area contributed by atoms with Crippen LogP contribution in [0.5, 0.6) is 0 Å². The molecular weight excluding hydrogens is 280 g/mol. The van der Waals surface area contributed by atoms with Crippen LogP contribution in [-0.4, -0.2) is 17.5 Å². The average Bonchev–Trinajstić information content (AvgIpc) is 2.42. The quantitative estimate of drug-likeness (QED) is 0.457. The molecule has 2 nitrogen and oxygen atoms in total. The first-order chi connectivity index (χ1) is 10.8. The van der Waals surface area contributed by atoms with E-state index in [2.05, 4.69) is 89.0 Å². The van der Waals surface area contributed by atoms with Crippen molar-refractivity contribution in [2.24, 2.45) is 0 Å². The van der Waals surface area contributed by atoms with Gasteiger partial charge in [-0.2, -0.15) is 0 Å². The number of hydrogen-bond donors (Lipinski definition) is 1. The normalized spacial score (nSPS) is 11.7. The Bertz CT molecular complexity index is 708. The van der Waals surface area contributed by atoms with Crippen molar-refractivity contribution in [3.05, 3.63) is 57.6 Å². The van der Waals surface area contributed by atoms with Gasteiger partial charge < -0.3 is 0 Å². The lowest BCUT2D eigenvalue weighted by Crippen LogP contribution is -2.15. The molecule has 0 fully saturated rings. The Morgan fingerprint density at radius 3 is 1.65 bits per heavy atom. The highest BCUT2D eigenvalue weighted by atomic mass is 15.1. The molecule has 122 valence electrons. The van der Waals surface area contributed by atoms with E-state index in [1.54, 1.807) is 0 Å². The minimum Gasteiger partial charge on any atom is -0.247 e. The summed E-state index contributed by atoms with van der Waals surface area (Å²) in [5, 5.41) is 3.53. The van der Waals surface area contributed by atoms with Crippen molar-refractivity contribution in [1.82, 2.24) is 0 Å². The lowest BCUT2D eigenvalue weighted by molar-refractivity contribution is -0.432. The first-order valence-corrected chi connectivity index (χ1v) is 8.35. The van der Waals surface area contributed by atoms with Gasteiger partial charge >= 0.3 is 0 Å². The molecule has 0 saturated heterocycles. The van der Waals surface area contributed by atoms with E-state index in [0.29, 0.717) is 0 Å². The zero-order chi connectivity index (χ0) is 17.1. The Labute approximate surface area is 140 Å². The van der Waals surface area contributed by atoms with Crippen molar-refractivity contribution in [2.75, 3.05) is 11.9 Å². The number of nitrogens with one attached hydrogen (secondary N) is 1. The summed E-state index contributed by atoms with van der Waals surface area (Å²) in [5.41, 5.74) is 10.3. The lowest BCUT2D eigenvalue weighted by atomic mass is 10.0. The number of hydrogen-bond acceptors (Lipinski definition) is 0. The van der Waals surface area contributed by atoms with Crippen molar-refractivity contribution < 1.29 is 4.58 Å². The Balaban J connectivity index is 2.42. The third kappa shape index (κ3) is 3.82. The molecule has 0 unspecified atom stereocenters. The van der Waals surface area contributed by atoms with E-state index >= 15 is 0 Å². The minimum absolute atomic E-state index is 0.932. The summed E-state index contributed by atoms with van der Waals surface area (Å²) in [6.45, 7) is 16.1. The fourth-order valence-electron chi connectivity index (χ4n) is 3.49. The van der Waals surface area contributed by atoms with E-state index in [1.165, 1.54) is 44.8 Å². The molecule has 23 heavy (non-hydrogen) atoms. The van der Waals surface area contributed by atoms with E-state index in [9.17, 15) is 0 Å². The molecule has 0 aliphatic heterocycles. The maximum absolute atomic E-state index is 3.53. The van der Waals surface area contributed by atoms with Crippen molar-refractivity contribution in [1.29, 1.82) is 0 Å². The van der Waals surface area contributed by atoms with Crippen LogP contribution in [-0.2, 0) is 0 Å². The molecular formula is C21H29N2+. The number of benzene rings is 2. The van der Waals surface area contributed by atoms with Crippen LogP contribution in [0.4, 0.5) is 11.4 Å². The molecule has 2 aromatic carbocycles. The molecule has 0 saturated carbocycles. The van der Waals surface area contributed by atoms with Crippen LogP contribution in [0.1, 0.15) is 40.3 Å². The Morgan fingerprint density at radius 1 is 0.783 bits per heavy atom. The van der Waals surface area contributed by atoms with Gasteiger partial charge in [0.05, 0.1) is 6.54 Å². The topological polar surface area (TPSA) is 15.0 Å². The Hall–Kier alpha value is -2.09. The first kappa shape index (κ1) is 17.3. The monoisotopic (exact) mass is 309 g/mol. The van der Waals surface area contributed by atoms with Gasteiger partial charge in [-0.3, -0.25) is 0 Å². The van der Waals surface area contributed by atoms with E-state index in [0.717, 1.165) is 6.54 Å². The van der Waals surface area contributed by atoms with Gasteiger partial charge in [0.1, 0.15) is 11.4 Å². The molecule has 0 aliphatic carbocycles. The molecule has 0 radical (unpaired) electrons. The molecule has 0 bridgehead atoms. The standard InChI is InChI=1S/C21H28N2/c1-8-23(21-18(6)11-15(3)12-19(21)7)13-22-20-16(4)9-14(2)10-17(20)5/h9-13H,8H2,1-7H3/p+1. The maximum atomic E-state index is 3.53. The Kier molecular flexibility index (Phi) is 5.25. The predicted octanol–water partition coefficient (Wildman–Crippen LogP) is 5.34. The van der Waals surface area contributed by atoms with Crippen LogP contribution < -0.4 is 5.32 Å². The van der Waals surface area contributed by atoms with E-state index in [1.807, 2.05) is 0 Å². The summed E-state index contributed by atoms with van der Waals surface area (Å²) >= 11 is 0. The van der Waals surface area contributed by atoms with Gasteiger partial charge in [0.25, 0.3) is 0 Å². The highest BCUT2D eigenvalue weighted by Crippen LogP contribution is 2.25. The van der Waals surface area contributed by atoms with Crippen molar-refractivity contribution in [2.45, 2.75) is 48.5 Å². The maximum Gasteiger partial charge on any atom is 0.242 e. The van der Waals surface area contributed by atoms with Gasteiger partial charge in [-0.05, 0) is 70.7 Å². The third-order valence-electron chi connectivity index (χ3n) is 4.31. The molecule has 1 N–H and O–H groups in total. The second-order valence-electron chi connectivity index (χ2n) is 6.58. The van der Waals surface area contributed by atoms with Gasteiger partial charge in [-0.25, -0.2) is 9.89 Å². The van der Waals surface area contributed by atoms with Crippen LogP contribution in [0.25, 0.3) is 0 Å². The van der Waals surface area contributed by atoms with Crippen molar-refractivity contribution >= 4 is 17.7 Å². The molecule has 2 aromatic rings. The fraction of sp³-hybridized carbons (Fsp3) is 0.381. The number of anilines is 1. The van der Waals surface area contributed by atoms with Crippen molar-refractivity contribution in [3.8, 4) is 0 Å². The van der Waals surface area contributed by atoms with E-state index < -0.39 is 0 Å². The van der Waals surface area contributed by atoms with Crippen LogP contribution in [0.2, 0.25) is 0 Å². The second-order valence-corrected chi connectivity index (χ2v) is 6.58. The number of rotatable bonds is 4. The largest absolute Gasteiger partial charge is 0.247 e. The van der Waals surface area contributed by atoms with Crippen LogP contribution in [0, 0.1) is 41.5 Å². The Morgan fingerprint density at radius 2 is 1.22 bits per heavy atom. The molecule has 0 atom stereocenters. The molecule has 0 aromatic heterocycles. The zero-order valence-corrected chi connectivity index (χ0v) is 15.5. The van der Waals surface area contributed by atoms with Crippen LogP contribution in [0.15, 0.2) is 24.3 Å². The lowest BCUT2D eigenvalue weighted by Gasteiger charge is -2.13. The van der Waals surface area contributed by atoms with Crippen LogP contribution in [0.3, 0.4) is 0 Å². The second kappa shape index (κ2) is 6.99. The summed E-state index contributed by atoms with van der Waals surface area (Å²) in [7, 11) is 0. The van der Waals surface area contributed by atoms with Gasteiger partial charge in [0.15, 0.2) is 0 Å². The molecule has 2 heteroatoms. The summed E-state index contributed by atoms with van der Waals surface area (Å²) < 4.78 is 2.29. The van der Waals surface area contributed by atoms with Gasteiger partial charge in [-0.1, -0.05) is 35.4 Å². The molecule has 2 rings (SSSR count). The first-order valence-electron chi connectivity index (χ1n) is 8.35. The predicted molar refractivity (Wildman–Crippen MR) is 101 cm³/mol. The molecule has 0 aliphatic rings. The fourth-order valence-corrected chi connectivity index (χ4v) is 3.49. The SMILES string of the molecule is CC[N+](=CNc1c(C)cc(C)cc1C)c1c(C)cc(C)cc1C. The van der Waals surface area contributed by atoms with Gasteiger partial charge in [0.2, 0.25) is 6.34 Å². The summed E-state index contributed by atoms with van der Waals surface area (Å²) in [6.07, 6.45) is 2.11. The summed E-state index contributed by atoms with van der Waals surface area (Å²) in [5.74, 6) is 0. The smallest absolute Gasteiger partial charge is 0.242 e. The minimum atomic E-state index is 0.932. The summed E-state index contributed by atoms with van der Waals surface area (Å²) in [6, 6.07) is 8.95. The number of aryl methyl sites for hydroxylation is 6. The van der Waals surface area contributed by atoms with Crippen molar-refractivity contribution in [3.63, 3.8) is 0 Å². The third-order valence-corrected chi connectivity index (χ3v) is 4.31.